The van der Waals surface area contributed by atoms with Gasteiger partial charge in [-0.1, -0.05) is 39.3 Å². The number of piperidine rings is 1. The molecule has 1 atom stereocenters. The zero-order valence-electron chi connectivity index (χ0n) is 20.7. The Labute approximate surface area is 198 Å². The smallest absolute Gasteiger partial charge is 0.242 e. The van der Waals surface area contributed by atoms with Crippen molar-refractivity contribution in [3.05, 3.63) is 29.3 Å². The highest BCUT2D eigenvalue weighted by Crippen LogP contribution is 2.38. The van der Waals surface area contributed by atoms with Gasteiger partial charge in [0.1, 0.15) is 11.8 Å². The van der Waals surface area contributed by atoms with E-state index in [1.54, 1.807) is 13.0 Å². The van der Waals surface area contributed by atoms with Crippen molar-refractivity contribution in [1.82, 2.24) is 15.5 Å². The van der Waals surface area contributed by atoms with E-state index in [9.17, 15) is 14.7 Å². The first-order valence-electron chi connectivity index (χ1n) is 12.3. The summed E-state index contributed by atoms with van der Waals surface area (Å²) in [4.78, 5) is 28.0. The van der Waals surface area contributed by atoms with Crippen molar-refractivity contribution in [2.75, 3.05) is 32.8 Å². The van der Waals surface area contributed by atoms with Gasteiger partial charge in [0.15, 0.2) is 0 Å². The topological polar surface area (TPSA) is 90.9 Å². The van der Waals surface area contributed by atoms with Gasteiger partial charge in [-0.2, -0.15) is 0 Å². The van der Waals surface area contributed by atoms with Crippen LogP contribution in [-0.2, 0) is 26.3 Å². The molecule has 3 N–H and O–H groups in total. The average molecular weight is 460 g/mol. The van der Waals surface area contributed by atoms with Crippen LogP contribution in [0, 0.1) is 5.41 Å². The number of phenols is 1. The van der Waals surface area contributed by atoms with Crippen LogP contribution < -0.4 is 10.6 Å². The molecule has 0 aliphatic carbocycles. The van der Waals surface area contributed by atoms with E-state index in [2.05, 4.69) is 42.4 Å². The fourth-order valence-electron chi connectivity index (χ4n) is 4.73. The van der Waals surface area contributed by atoms with Crippen LogP contribution in [0.2, 0.25) is 0 Å². The van der Waals surface area contributed by atoms with Crippen molar-refractivity contribution in [3.8, 4) is 5.75 Å². The summed E-state index contributed by atoms with van der Waals surface area (Å²) in [6.07, 6.45) is 4.13. The molecular weight excluding hydrogens is 418 g/mol. The maximum Gasteiger partial charge on any atom is 0.242 e. The maximum atomic E-state index is 13.3. The molecule has 2 aliphatic heterocycles. The quantitative estimate of drug-likeness (QED) is 0.632. The molecule has 1 aromatic rings. The number of hydrogen-bond acceptors (Lipinski definition) is 5. The third kappa shape index (κ3) is 6.70. The summed E-state index contributed by atoms with van der Waals surface area (Å²) in [6.45, 7) is 12.1. The highest BCUT2D eigenvalue weighted by molar-refractivity contribution is 5.90. The predicted molar refractivity (Wildman–Crippen MR) is 129 cm³/mol. The van der Waals surface area contributed by atoms with Crippen molar-refractivity contribution in [1.29, 1.82) is 0 Å². The fraction of sp³-hybridized carbons (Fsp3) is 0.692. The van der Waals surface area contributed by atoms with Gasteiger partial charge in [-0.15, -0.1) is 0 Å². The molecule has 7 nitrogen and oxygen atoms in total. The summed E-state index contributed by atoms with van der Waals surface area (Å²) in [5.41, 5.74) is 1.69. The molecule has 2 heterocycles. The van der Waals surface area contributed by atoms with Crippen LogP contribution in [0.4, 0.5) is 0 Å². The third-order valence-corrected chi connectivity index (χ3v) is 7.11. The Morgan fingerprint density at radius 3 is 2.55 bits per heavy atom. The van der Waals surface area contributed by atoms with Gasteiger partial charge in [0.25, 0.3) is 0 Å². The Balaban J connectivity index is 1.68. The maximum absolute atomic E-state index is 13.3. The standard InChI is InChI=1S/C26H41N3O4/c1-19-23(31)27-12-16-33-15-6-5-9-26(24(32)28-19)10-13-29(14-11-26)18-20-17-21(25(2,3)4)7-8-22(20)30/h7-8,17,19,30H,5-6,9-16,18H2,1-4H3,(H,27,31)(H,28,32)/t19-/m0/s1. The number of benzene rings is 1. The van der Waals surface area contributed by atoms with Crippen LogP contribution in [0.15, 0.2) is 18.2 Å². The van der Waals surface area contributed by atoms with Crippen molar-refractivity contribution in [3.63, 3.8) is 0 Å². The van der Waals surface area contributed by atoms with Crippen LogP contribution in [0.5, 0.6) is 5.75 Å². The second kappa shape index (κ2) is 10.9. The number of likely N-dealkylation sites (tertiary alicyclic amines) is 1. The van der Waals surface area contributed by atoms with Gasteiger partial charge in [-0.3, -0.25) is 14.5 Å². The minimum absolute atomic E-state index is 0.0115. The molecule has 0 aromatic heterocycles. The molecule has 7 heteroatoms. The first kappa shape index (κ1) is 25.5. The van der Waals surface area contributed by atoms with Gasteiger partial charge in [0.05, 0.1) is 12.0 Å². The van der Waals surface area contributed by atoms with Crippen LogP contribution in [-0.4, -0.2) is 60.7 Å². The van der Waals surface area contributed by atoms with Crippen LogP contribution in [0.25, 0.3) is 0 Å². The molecule has 2 aliphatic rings. The molecule has 0 saturated carbocycles. The summed E-state index contributed by atoms with van der Waals surface area (Å²) < 4.78 is 5.61. The van der Waals surface area contributed by atoms with E-state index < -0.39 is 11.5 Å². The Morgan fingerprint density at radius 1 is 1.12 bits per heavy atom. The predicted octanol–water partition coefficient (Wildman–Crippen LogP) is 3.09. The Bertz CT molecular complexity index is 825. The van der Waals surface area contributed by atoms with Crippen molar-refractivity contribution in [2.24, 2.45) is 5.41 Å². The van der Waals surface area contributed by atoms with Crippen LogP contribution in [0.1, 0.15) is 70.9 Å². The van der Waals surface area contributed by atoms with Gasteiger partial charge < -0.3 is 20.5 Å². The summed E-state index contributed by atoms with van der Waals surface area (Å²) >= 11 is 0. The zero-order chi connectivity index (χ0) is 24.1. The van der Waals surface area contributed by atoms with Gasteiger partial charge >= 0.3 is 0 Å². The Hall–Kier alpha value is -2.12. The molecule has 0 bridgehead atoms. The first-order chi connectivity index (χ1) is 15.6. The number of carbonyl (C=O) groups excluding carboxylic acids is 2. The lowest BCUT2D eigenvalue weighted by atomic mass is 9.73. The number of aromatic hydroxyl groups is 1. The van der Waals surface area contributed by atoms with E-state index in [1.807, 2.05) is 6.07 Å². The number of amides is 2. The molecule has 184 valence electrons. The largest absolute Gasteiger partial charge is 0.508 e. The Kier molecular flexibility index (Phi) is 8.40. The number of nitrogens with one attached hydrogen (secondary N) is 2. The number of ether oxygens (including phenoxy) is 1. The van der Waals surface area contributed by atoms with Crippen molar-refractivity contribution >= 4 is 11.8 Å². The third-order valence-electron chi connectivity index (χ3n) is 7.11. The summed E-state index contributed by atoms with van der Waals surface area (Å²) in [5.74, 6) is 0.137. The molecule has 1 aromatic carbocycles. The fourth-order valence-corrected chi connectivity index (χ4v) is 4.73. The van der Waals surface area contributed by atoms with E-state index in [1.165, 1.54) is 5.56 Å². The molecule has 1 spiro atoms. The molecule has 0 radical (unpaired) electrons. The van der Waals surface area contributed by atoms with Crippen LogP contribution in [0.3, 0.4) is 0 Å². The van der Waals surface area contributed by atoms with Crippen molar-refractivity contribution < 1.29 is 19.4 Å². The van der Waals surface area contributed by atoms with Gasteiger partial charge in [-0.25, -0.2) is 0 Å². The molecule has 2 saturated heterocycles. The van der Waals surface area contributed by atoms with Gasteiger partial charge in [0.2, 0.25) is 11.8 Å². The molecule has 2 fully saturated rings. The number of rotatable bonds is 2. The summed E-state index contributed by atoms with van der Waals surface area (Å²) in [7, 11) is 0. The van der Waals surface area contributed by atoms with Gasteiger partial charge in [0, 0.05) is 25.3 Å². The van der Waals surface area contributed by atoms with E-state index in [4.69, 9.17) is 4.74 Å². The summed E-state index contributed by atoms with van der Waals surface area (Å²) in [5, 5.41) is 16.2. The lowest BCUT2D eigenvalue weighted by molar-refractivity contribution is -0.138. The number of hydrogen-bond donors (Lipinski definition) is 3. The highest BCUT2D eigenvalue weighted by Gasteiger charge is 2.41. The number of nitrogens with zero attached hydrogens (tertiary/aromatic N) is 1. The first-order valence-corrected chi connectivity index (χ1v) is 12.3. The molecule has 33 heavy (non-hydrogen) atoms. The van der Waals surface area contributed by atoms with E-state index in [-0.39, 0.29) is 17.2 Å². The minimum atomic E-state index is -0.565. The summed E-state index contributed by atoms with van der Waals surface area (Å²) in [6, 6.07) is 5.32. The minimum Gasteiger partial charge on any atom is -0.508 e. The lowest BCUT2D eigenvalue weighted by Gasteiger charge is -2.41. The Morgan fingerprint density at radius 2 is 1.85 bits per heavy atom. The SMILES string of the molecule is C[C@@H]1NC(=O)C2(CCCCOCCNC1=O)CCN(Cc1cc(C(C)(C)C)ccc1O)CC2. The second-order valence-corrected chi connectivity index (χ2v) is 10.7. The molecule has 2 amide bonds. The molecule has 0 unspecified atom stereocenters. The van der Waals surface area contributed by atoms with E-state index in [0.717, 1.165) is 50.8 Å². The number of carbonyl (C=O) groups is 2. The van der Waals surface area contributed by atoms with Crippen molar-refractivity contribution in [2.45, 2.75) is 77.8 Å². The van der Waals surface area contributed by atoms with E-state index >= 15 is 0 Å². The normalized spacial score (nSPS) is 23.7. The molecule has 3 rings (SSSR count). The monoisotopic (exact) mass is 459 g/mol. The number of phenolic OH excluding ortho intramolecular Hbond substituents is 1. The lowest BCUT2D eigenvalue weighted by Crippen LogP contribution is -2.53. The average Bonchev–Trinajstić information content (AvgIpc) is 2.77. The van der Waals surface area contributed by atoms with Gasteiger partial charge in [-0.05, 0) is 62.7 Å². The second-order valence-electron chi connectivity index (χ2n) is 10.7. The zero-order valence-corrected chi connectivity index (χ0v) is 20.7. The highest BCUT2D eigenvalue weighted by atomic mass is 16.5. The van der Waals surface area contributed by atoms with E-state index in [0.29, 0.717) is 32.1 Å². The molecular formula is C26H41N3O4. The van der Waals surface area contributed by atoms with Crippen LogP contribution >= 0.6 is 0 Å².